The largest absolute Gasteiger partial charge is 0.480 e. The van der Waals surface area contributed by atoms with Crippen LogP contribution >= 0.6 is 0 Å². The van der Waals surface area contributed by atoms with Crippen LogP contribution in [-0.4, -0.2) is 43.0 Å². The van der Waals surface area contributed by atoms with Crippen molar-refractivity contribution >= 4 is 33.4 Å². The first-order chi connectivity index (χ1) is 17.3. The van der Waals surface area contributed by atoms with Gasteiger partial charge in [-0.15, -0.1) is 0 Å². The number of carbonyl (C=O) groups is 3. The lowest BCUT2D eigenvalue weighted by atomic mass is 9.28. The third kappa shape index (κ3) is 3.99. The second kappa shape index (κ2) is 8.49. The molecule has 196 valence electrons. The number of carboxylic acids is 1. The van der Waals surface area contributed by atoms with E-state index in [0.717, 1.165) is 17.5 Å². The fourth-order valence-electron chi connectivity index (χ4n) is 7.46. The van der Waals surface area contributed by atoms with E-state index in [-0.39, 0.29) is 40.6 Å². The van der Waals surface area contributed by atoms with E-state index in [4.69, 9.17) is 0 Å². The summed E-state index contributed by atoms with van der Waals surface area (Å²) in [6.45, 7) is 5.60. The number of carboxylic acid groups (broad SMARTS) is 1. The predicted molar refractivity (Wildman–Crippen MR) is 139 cm³/mol. The quantitative estimate of drug-likeness (QED) is 0.459. The molecular weight excluding hydrogens is 492 g/mol. The van der Waals surface area contributed by atoms with Gasteiger partial charge in [-0.1, -0.05) is 50.2 Å². The molecule has 0 saturated heterocycles. The smallest absolute Gasteiger partial charge is 0.322 e. The maximum atomic E-state index is 13.2. The van der Waals surface area contributed by atoms with Crippen LogP contribution in [0.4, 0.5) is 5.69 Å². The number of ketones is 1. The summed E-state index contributed by atoms with van der Waals surface area (Å²) in [4.78, 5) is 36.3. The molecule has 3 aliphatic carbocycles. The first-order valence-electron chi connectivity index (χ1n) is 12.5. The van der Waals surface area contributed by atoms with Crippen LogP contribution in [0.1, 0.15) is 45.6 Å². The van der Waals surface area contributed by atoms with E-state index in [1.165, 1.54) is 6.92 Å². The van der Waals surface area contributed by atoms with E-state index >= 15 is 0 Å². The van der Waals surface area contributed by atoms with Crippen LogP contribution in [0.15, 0.2) is 48.5 Å². The highest BCUT2D eigenvalue weighted by molar-refractivity contribution is 7.89. The molecule has 9 heteroatoms. The van der Waals surface area contributed by atoms with Crippen LogP contribution in [0.3, 0.4) is 0 Å². The Morgan fingerprint density at radius 1 is 1.11 bits per heavy atom. The van der Waals surface area contributed by atoms with Crippen molar-refractivity contribution in [1.82, 2.24) is 4.72 Å². The predicted octanol–water partition coefficient (Wildman–Crippen LogP) is 3.62. The van der Waals surface area contributed by atoms with E-state index in [2.05, 4.69) is 17.0 Å². The van der Waals surface area contributed by atoms with Gasteiger partial charge in [0.15, 0.2) is 0 Å². The molecule has 5 rings (SSSR count). The summed E-state index contributed by atoms with van der Waals surface area (Å²) < 4.78 is 28.7. The molecule has 0 aromatic heterocycles. The number of amides is 1. The van der Waals surface area contributed by atoms with Crippen molar-refractivity contribution in [3.63, 3.8) is 0 Å². The summed E-state index contributed by atoms with van der Waals surface area (Å²) in [5.41, 5.74) is 1.85. The molecule has 2 aromatic rings. The van der Waals surface area contributed by atoms with Crippen LogP contribution in [-0.2, 0) is 30.8 Å². The highest BCUT2D eigenvalue weighted by Crippen LogP contribution is 2.85. The van der Waals surface area contributed by atoms with Crippen molar-refractivity contribution in [3.05, 3.63) is 54.1 Å². The second-order valence-electron chi connectivity index (χ2n) is 11.5. The number of nitrogens with one attached hydrogen (secondary N) is 2. The number of carbonyl (C=O) groups excluding carboxylic acids is 2. The SMILES string of the molecule is CC(=O)Nc1cccc(-c2ccc(CC(NS(=O)(=O)CC34CC5(C)CC(CC3=O)C54C)C(=O)O)cc2)c1. The zero-order valence-electron chi connectivity index (χ0n) is 21.2. The molecule has 3 aliphatic rings. The average molecular weight is 525 g/mol. The molecule has 3 N–H and O–H groups in total. The first kappa shape index (κ1) is 25.6. The van der Waals surface area contributed by atoms with Gasteiger partial charge in [0.1, 0.15) is 11.8 Å². The van der Waals surface area contributed by atoms with Gasteiger partial charge in [0.25, 0.3) is 0 Å². The maximum absolute atomic E-state index is 13.2. The Labute approximate surface area is 216 Å². The standard InChI is InChI=1S/C28H32N2O6S/c1-17(31)29-22-6-4-5-20(12-22)19-9-7-18(8-10-19)11-23(25(33)34)30-37(35,36)16-28-15-26(2)14-21(13-24(28)32)27(26,28)3/h4-10,12,21,23,30H,11,13-16H2,1-3H3,(H,29,31)(H,33,34). The van der Waals surface area contributed by atoms with Gasteiger partial charge in [0, 0.05) is 19.0 Å². The fraction of sp³-hybridized carbons (Fsp3) is 0.464. The van der Waals surface area contributed by atoms with Gasteiger partial charge in [-0.05, 0) is 64.8 Å². The van der Waals surface area contributed by atoms with Crippen molar-refractivity contribution in [2.75, 3.05) is 11.1 Å². The van der Waals surface area contributed by atoms with Crippen molar-refractivity contribution in [2.24, 2.45) is 22.2 Å². The molecule has 0 spiro atoms. The van der Waals surface area contributed by atoms with Gasteiger partial charge in [-0.25, -0.2) is 13.1 Å². The Morgan fingerprint density at radius 3 is 2.43 bits per heavy atom. The third-order valence-electron chi connectivity index (χ3n) is 9.39. The second-order valence-corrected chi connectivity index (χ2v) is 13.2. The molecule has 1 amide bonds. The van der Waals surface area contributed by atoms with E-state index in [9.17, 15) is 27.9 Å². The van der Waals surface area contributed by atoms with Gasteiger partial charge in [-0.2, -0.15) is 0 Å². The molecular formula is C28H32N2O6S. The fourth-order valence-corrected chi connectivity index (χ4v) is 9.38. The van der Waals surface area contributed by atoms with E-state index in [0.29, 0.717) is 24.1 Å². The number of sulfonamides is 1. The average Bonchev–Trinajstić information content (AvgIpc) is 2.89. The van der Waals surface area contributed by atoms with Crippen LogP contribution in [0.25, 0.3) is 11.1 Å². The molecule has 0 aliphatic heterocycles. The lowest BCUT2D eigenvalue weighted by Crippen LogP contribution is -2.73. The molecule has 5 unspecified atom stereocenters. The topological polar surface area (TPSA) is 130 Å². The number of benzene rings is 2. The molecule has 8 nitrogen and oxygen atoms in total. The van der Waals surface area contributed by atoms with Crippen LogP contribution in [0.5, 0.6) is 0 Å². The van der Waals surface area contributed by atoms with Gasteiger partial charge >= 0.3 is 5.97 Å². The minimum Gasteiger partial charge on any atom is -0.480 e. The van der Waals surface area contributed by atoms with Gasteiger partial charge in [-0.3, -0.25) is 14.4 Å². The lowest BCUT2D eigenvalue weighted by Gasteiger charge is -2.75. The summed E-state index contributed by atoms with van der Waals surface area (Å²) >= 11 is 0. The molecule has 0 radical (unpaired) electrons. The Balaban J connectivity index is 1.29. The van der Waals surface area contributed by atoms with E-state index in [1.807, 2.05) is 37.3 Å². The minimum absolute atomic E-state index is 0.00499. The van der Waals surface area contributed by atoms with Gasteiger partial charge in [0.2, 0.25) is 15.9 Å². The highest BCUT2D eigenvalue weighted by Gasteiger charge is 2.84. The maximum Gasteiger partial charge on any atom is 0.322 e. The Morgan fingerprint density at radius 2 is 1.81 bits per heavy atom. The van der Waals surface area contributed by atoms with Crippen LogP contribution in [0, 0.1) is 22.2 Å². The summed E-state index contributed by atoms with van der Waals surface area (Å²) in [7, 11) is -4.02. The number of aliphatic carboxylic acids is 1. The number of hydrogen-bond acceptors (Lipinski definition) is 5. The molecule has 5 atom stereocenters. The molecule has 0 bridgehead atoms. The number of hydrogen-bond donors (Lipinski definition) is 3. The van der Waals surface area contributed by atoms with Crippen molar-refractivity contribution in [2.45, 2.75) is 52.5 Å². The van der Waals surface area contributed by atoms with Crippen LogP contribution in [0.2, 0.25) is 0 Å². The summed E-state index contributed by atoms with van der Waals surface area (Å²) in [5.74, 6) is -1.56. The summed E-state index contributed by atoms with van der Waals surface area (Å²) in [6.07, 6.45) is 1.90. The van der Waals surface area contributed by atoms with Crippen molar-refractivity contribution in [1.29, 1.82) is 0 Å². The minimum atomic E-state index is -4.02. The summed E-state index contributed by atoms with van der Waals surface area (Å²) in [6, 6.07) is 13.2. The third-order valence-corrected chi connectivity index (χ3v) is 10.9. The first-order valence-corrected chi connectivity index (χ1v) is 14.2. The van der Waals surface area contributed by atoms with E-state index in [1.54, 1.807) is 18.2 Å². The summed E-state index contributed by atoms with van der Waals surface area (Å²) in [5, 5.41) is 12.5. The normalized spacial score (nSPS) is 30.6. The zero-order valence-corrected chi connectivity index (χ0v) is 22.0. The monoisotopic (exact) mass is 524 g/mol. The Bertz CT molecular complexity index is 1400. The molecule has 0 heterocycles. The highest BCUT2D eigenvalue weighted by atomic mass is 32.2. The zero-order chi connectivity index (χ0) is 26.8. The Kier molecular flexibility index (Phi) is 5.88. The molecule has 3 fully saturated rings. The van der Waals surface area contributed by atoms with Gasteiger partial charge in [0.05, 0.1) is 11.2 Å². The molecule has 2 aromatic carbocycles. The Hall–Kier alpha value is -3.04. The number of Topliss-reactive ketones (excluding diaryl/α,β-unsaturated/α-hetero) is 1. The number of rotatable bonds is 9. The molecule has 3 saturated carbocycles. The van der Waals surface area contributed by atoms with Crippen molar-refractivity contribution < 1.29 is 27.9 Å². The van der Waals surface area contributed by atoms with Crippen molar-refractivity contribution in [3.8, 4) is 11.1 Å². The number of anilines is 1. The van der Waals surface area contributed by atoms with E-state index < -0.39 is 27.4 Å². The van der Waals surface area contributed by atoms with Crippen LogP contribution < -0.4 is 10.0 Å². The van der Waals surface area contributed by atoms with Gasteiger partial charge < -0.3 is 10.4 Å². The molecule has 37 heavy (non-hydrogen) atoms. The lowest BCUT2D eigenvalue weighted by molar-refractivity contribution is -0.264.